The maximum absolute atomic E-state index is 11.9. The summed E-state index contributed by atoms with van der Waals surface area (Å²) in [7, 11) is 0. The predicted octanol–water partition coefficient (Wildman–Crippen LogP) is 2.28. The summed E-state index contributed by atoms with van der Waals surface area (Å²) in [6.45, 7) is 2.23. The molecule has 0 aliphatic heterocycles. The van der Waals surface area contributed by atoms with Gasteiger partial charge in [-0.25, -0.2) is 9.78 Å². The van der Waals surface area contributed by atoms with Crippen LogP contribution in [0.3, 0.4) is 0 Å². The first-order valence-corrected chi connectivity index (χ1v) is 7.06. The van der Waals surface area contributed by atoms with E-state index in [1.165, 1.54) is 24.2 Å². The van der Waals surface area contributed by atoms with E-state index in [0.29, 0.717) is 12.6 Å². The number of aromatic nitrogens is 1. The Morgan fingerprint density at radius 3 is 3.00 bits per heavy atom. The Kier molecular flexibility index (Phi) is 4.50. The van der Waals surface area contributed by atoms with Crippen molar-refractivity contribution >= 4 is 17.3 Å². The second-order valence-electron chi connectivity index (χ2n) is 4.25. The minimum atomic E-state index is -0.399. The fourth-order valence-corrected chi connectivity index (χ4v) is 2.77. The molecule has 17 heavy (non-hydrogen) atoms. The van der Waals surface area contributed by atoms with Crippen molar-refractivity contribution in [3.63, 3.8) is 0 Å². The lowest BCUT2D eigenvalue weighted by atomic mass is 10.1. The molecule has 0 bridgehead atoms. The van der Waals surface area contributed by atoms with Gasteiger partial charge in [0.2, 0.25) is 0 Å². The van der Waals surface area contributed by atoms with Gasteiger partial charge in [0.25, 0.3) is 0 Å². The summed E-state index contributed by atoms with van der Waals surface area (Å²) < 4.78 is 5.10. The molecule has 0 amide bonds. The third-order valence-corrected chi connectivity index (χ3v) is 3.63. The number of nitrogens with zero attached hydrogens (tertiary/aromatic N) is 1. The number of carbonyl (C=O) groups is 1. The fraction of sp³-hybridized carbons (Fsp3) is 0.667. The molecular weight excluding hydrogens is 236 g/mol. The van der Waals surface area contributed by atoms with Gasteiger partial charge in [-0.3, -0.25) is 5.32 Å². The van der Waals surface area contributed by atoms with Crippen LogP contribution < -0.4 is 5.32 Å². The molecule has 1 aliphatic carbocycles. The Bertz CT molecular complexity index is 347. The average Bonchev–Trinajstić information content (AvgIpc) is 2.99. The van der Waals surface area contributed by atoms with Crippen LogP contribution in [0, 0.1) is 0 Å². The van der Waals surface area contributed by atoms with Crippen LogP contribution in [0.4, 0.5) is 0 Å². The molecule has 0 aromatic carbocycles. The second-order valence-corrected chi connectivity index (χ2v) is 4.97. The molecular formula is C12H18N2O2S. The summed E-state index contributed by atoms with van der Waals surface area (Å²) in [4.78, 5) is 16.1. The van der Waals surface area contributed by atoms with E-state index >= 15 is 0 Å². The lowest BCUT2D eigenvalue weighted by Gasteiger charge is -2.19. The van der Waals surface area contributed by atoms with Crippen molar-refractivity contribution < 1.29 is 9.53 Å². The Balaban J connectivity index is 2.03. The van der Waals surface area contributed by atoms with Crippen LogP contribution in [0.1, 0.15) is 44.3 Å². The monoisotopic (exact) mass is 254 g/mol. The first kappa shape index (κ1) is 12.5. The number of carbonyl (C=O) groups excluding carboxylic acids is 1. The van der Waals surface area contributed by atoms with Gasteiger partial charge < -0.3 is 4.74 Å². The lowest BCUT2D eigenvalue weighted by Crippen LogP contribution is -2.36. The van der Waals surface area contributed by atoms with Gasteiger partial charge in [0.15, 0.2) is 0 Å². The summed E-state index contributed by atoms with van der Waals surface area (Å²) in [5.74, 6) is -0.217. The number of nitrogens with one attached hydrogen (secondary N) is 1. The number of esters is 1. The quantitative estimate of drug-likeness (QED) is 0.819. The van der Waals surface area contributed by atoms with Gasteiger partial charge in [0, 0.05) is 11.4 Å². The van der Waals surface area contributed by atoms with Gasteiger partial charge in [-0.05, 0) is 19.8 Å². The van der Waals surface area contributed by atoms with Crippen LogP contribution in [0.2, 0.25) is 0 Å². The maximum atomic E-state index is 11.9. The zero-order valence-corrected chi connectivity index (χ0v) is 10.8. The zero-order chi connectivity index (χ0) is 12.1. The van der Waals surface area contributed by atoms with Crippen molar-refractivity contribution in [2.45, 2.75) is 44.7 Å². The molecule has 0 radical (unpaired) electrons. The Labute approximate surface area is 105 Å². The Hall–Kier alpha value is -0.940. The van der Waals surface area contributed by atoms with Gasteiger partial charge in [0.05, 0.1) is 17.8 Å². The average molecular weight is 254 g/mol. The van der Waals surface area contributed by atoms with Crippen molar-refractivity contribution in [2.24, 2.45) is 0 Å². The van der Waals surface area contributed by atoms with Crippen molar-refractivity contribution in [3.05, 3.63) is 16.6 Å². The van der Waals surface area contributed by atoms with Crippen LogP contribution >= 0.6 is 11.3 Å². The van der Waals surface area contributed by atoms with Crippen LogP contribution in [-0.2, 0) is 9.53 Å². The largest absolute Gasteiger partial charge is 0.465 e. The third-order valence-electron chi connectivity index (χ3n) is 3.03. The van der Waals surface area contributed by atoms with E-state index in [0.717, 1.165) is 18.5 Å². The van der Waals surface area contributed by atoms with Gasteiger partial charge in [-0.15, -0.1) is 11.3 Å². The van der Waals surface area contributed by atoms with Crippen molar-refractivity contribution in [1.82, 2.24) is 10.3 Å². The second kappa shape index (κ2) is 6.12. The molecule has 1 saturated carbocycles. The Morgan fingerprint density at radius 1 is 1.65 bits per heavy atom. The summed E-state index contributed by atoms with van der Waals surface area (Å²) in [5.41, 5.74) is 2.53. The summed E-state index contributed by atoms with van der Waals surface area (Å²) >= 11 is 1.50. The first-order chi connectivity index (χ1) is 8.31. The SMILES string of the molecule is CCOC(=O)C(NC1CCCC1)c1cscn1. The highest BCUT2D eigenvalue weighted by molar-refractivity contribution is 7.07. The van der Waals surface area contributed by atoms with Crippen molar-refractivity contribution in [1.29, 1.82) is 0 Å². The molecule has 0 saturated heterocycles. The molecule has 5 heteroatoms. The highest BCUT2D eigenvalue weighted by Crippen LogP contribution is 2.23. The van der Waals surface area contributed by atoms with Crippen molar-refractivity contribution in [2.75, 3.05) is 6.61 Å². The summed E-state index contributed by atoms with van der Waals surface area (Å²) in [6, 6.07) is 0.0235. The lowest BCUT2D eigenvalue weighted by molar-refractivity contribution is -0.146. The molecule has 1 fully saturated rings. The molecule has 2 rings (SSSR count). The van der Waals surface area contributed by atoms with Crippen LogP contribution in [0.25, 0.3) is 0 Å². The predicted molar refractivity (Wildman–Crippen MR) is 66.9 cm³/mol. The van der Waals surface area contributed by atoms with Gasteiger partial charge >= 0.3 is 5.97 Å². The molecule has 1 atom stereocenters. The fourth-order valence-electron chi connectivity index (χ4n) is 2.19. The van der Waals surface area contributed by atoms with Gasteiger partial charge in [0.1, 0.15) is 6.04 Å². The smallest absolute Gasteiger partial charge is 0.329 e. The topological polar surface area (TPSA) is 51.2 Å². The van der Waals surface area contributed by atoms with Gasteiger partial charge in [-0.1, -0.05) is 12.8 Å². The number of hydrogen-bond acceptors (Lipinski definition) is 5. The summed E-state index contributed by atoms with van der Waals surface area (Å²) in [5, 5.41) is 5.28. The zero-order valence-electron chi connectivity index (χ0n) is 10.0. The number of hydrogen-bond donors (Lipinski definition) is 1. The number of rotatable bonds is 5. The molecule has 1 N–H and O–H groups in total. The Morgan fingerprint density at radius 2 is 2.41 bits per heavy atom. The van der Waals surface area contributed by atoms with Crippen LogP contribution in [0.5, 0.6) is 0 Å². The molecule has 0 spiro atoms. The van der Waals surface area contributed by atoms with E-state index in [1.54, 1.807) is 5.51 Å². The van der Waals surface area contributed by atoms with Gasteiger partial charge in [-0.2, -0.15) is 0 Å². The number of ether oxygens (including phenoxy) is 1. The summed E-state index contributed by atoms with van der Waals surface area (Å²) in [6.07, 6.45) is 4.76. The molecule has 1 aromatic heterocycles. The molecule has 1 heterocycles. The first-order valence-electron chi connectivity index (χ1n) is 6.12. The highest BCUT2D eigenvalue weighted by atomic mass is 32.1. The van der Waals surface area contributed by atoms with Crippen molar-refractivity contribution in [3.8, 4) is 0 Å². The normalized spacial score (nSPS) is 18.2. The highest BCUT2D eigenvalue weighted by Gasteiger charge is 2.27. The minimum Gasteiger partial charge on any atom is -0.465 e. The van der Waals surface area contributed by atoms with E-state index in [9.17, 15) is 4.79 Å². The third kappa shape index (κ3) is 3.26. The molecule has 1 unspecified atom stereocenters. The van der Waals surface area contributed by atoms with E-state index in [2.05, 4.69) is 10.3 Å². The number of thiazole rings is 1. The van der Waals surface area contributed by atoms with E-state index in [4.69, 9.17) is 4.74 Å². The van der Waals surface area contributed by atoms with E-state index < -0.39 is 6.04 Å². The maximum Gasteiger partial charge on any atom is 0.329 e. The molecule has 1 aliphatic rings. The van der Waals surface area contributed by atoms with E-state index in [-0.39, 0.29) is 5.97 Å². The van der Waals surface area contributed by atoms with E-state index in [1.807, 2.05) is 12.3 Å². The molecule has 94 valence electrons. The molecule has 4 nitrogen and oxygen atoms in total. The molecule has 1 aromatic rings. The standard InChI is InChI=1S/C12H18N2O2S/c1-2-16-12(15)11(10-7-17-8-13-10)14-9-5-3-4-6-9/h7-9,11,14H,2-6H2,1H3. The minimum absolute atomic E-state index is 0.217. The van der Waals surface area contributed by atoms with Crippen LogP contribution in [0.15, 0.2) is 10.9 Å². The van der Waals surface area contributed by atoms with Crippen LogP contribution in [-0.4, -0.2) is 23.6 Å².